The van der Waals surface area contributed by atoms with Crippen molar-refractivity contribution in [3.05, 3.63) is 76.0 Å². The van der Waals surface area contributed by atoms with E-state index in [1.807, 2.05) is 63.2 Å². The highest BCUT2D eigenvalue weighted by molar-refractivity contribution is 6.17. The summed E-state index contributed by atoms with van der Waals surface area (Å²) < 4.78 is 40.6. The van der Waals surface area contributed by atoms with Crippen LogP contribution >= 0.6 is 0 Å². The van der Waals surface area contributed by atoms with Crippen LogP contribution in [-0.4, -0.2) is 82.9 Å². The molecule has 9 nitrogen and oxygen atoms in total. The summed E-state index contributed by atoms with van der Waals surface area (Å²) in [5, 5.41) is 10.5. The Balaban J connectivity index is 1.16. The molecule has 47 heavy (non-hydrogen) atoms. The van der Waals surface area contributed by atoms with Gasteiger partial charge in [0.05, 0.1) is 59.0 Å². The zero-order chi connectivity index (χ0) is 33.3. The molecular weight excluding hydrogens is 600 g/mol. The summed E-state index contributed by atoms with van der Waals surface area (Å²) >= 11 is 0. The van der Waals surface area contributed by atoms with Gasteiger partial charge in [0, 0.05) is 12.5 Å². The number of hydrogen-bond acceptors (Lipinski definition) is 8. The van der Waals surface area contributed by atoms with Crippen LogP contribution in [0.3, 0.4) is 0 Å². The molecule has 1 heterocycles. The molecule has 0 radical (unpaired) electrons. The number of aliphatic carboxylic acids is 1. The lowest BCUT2D eigenvalue weighted by molar-refractivity contribution is -0.169. The Hall–Kier alpha value is -2.79. The van der Waals surface area contributed by atoms with Crippen LogP contribution in [0, 0.1) is 26.7 Å². The van der Waals surface area contributed by atoms with Crippen LogP contribution in [0.25, 0.3) is 5.57 Å². The maximum atomic E-state index is 12.8. The summed E-state index contributed by atoms with van der Waals surface area (Å²) in [6.45, 7) is 11.2. The smallest absolute Gasteiger partial charge is 0.339 e. The number of carboxylic acids is 1. The van der Waals surface area contributed by atoms with Gasteiger partial charge in [0.2, 0.25) is 0 Å². The van der Waals surface area contributed by atoms with Gasteiger partial charge in [0.15, 0.2) is 6.29 Å². The second-order valence-corrected chi connectivity index (χ2v) is 12.4. The minimum atomic E-state index is -0.954. The molecule has 0 amide bonds. The van der Waals surface area contributed by atoms with Crippen LogP contribution in [0.15, 0.2) is 48.2 Å². The van der Waals surface area contributed by atoms with E-state index in [0.717, 1.165) is 79.4 Å². The Bertz CT molecular complexity index is 1210. The van der Waals surface area contributed by atoms with Gasteiger partial charge >= 0.3 is 5.97 Å². The number of allylic oxidation sites excluding steroid dienone is 1. The number of aryl methyl sites for hydroxylation is 3. The Kier molecular flexibility index (Phi) is 16.2. The highest BCUT2D eigenvalue weighted by atomic mass is 16.7. The minimum absolute atomic E-state index is 0.000533. The largest absolute Gasteiger partial charge is 0.492 e. The topological polar surface area (TPSA) is 102 Å². The van der Waals surface area contributed by atoms with Gasteiger partial charge in [-0.05, 0) is 88.0 Å². The molecule has 1 saturated carbocycles. The number of carboxylic acid groups (broad SMARTS) is 1. The van der Waals surface area contributed by atoms with E-state index in [0.29, 0.717) is 65.2 Å². The molecule has 2 aliphatic rings. The lowest BCUT2D eigenvalue weighted by Gasteiger charge is -2.31. The molecule has 4 rings (SSSR count). The standard InChI is InChI=1S/C38H54O9/c1-28-25-29(2)35(30(3)26-28)36(38(39)40)37(47-27-31-9-5-4-6-10-31)32-12-14-33(15-13-32)44-23-21-42-19-17-41-18-20-43-22-24-46-34-11-7-8-16-45-34/h4-6,9-10,25-26,32-34H,7-8,11-24,27H2,1-3H3,(H,39,40)/b37-36+. The average molecular weight is 655 g/mol. The van der Waals surface area contributed by atoms with Crippen molar-refractivity contribution in [3.8, 4) is 0 Å². The fourth-order valence-corrected chi connectivity index (χ4v) is 6.43. The van der Waals surface area contributed by atoms with Gasteiger partial charge in [0.25, 0.3) is 0 Å². The van der Waals surface area contributed by atoms with Gasteiger partial charge in [-0.1, -0.05) is 48.0 Å². The first kappa shape index (κ1) is 37.0. The second-order valence-electron chi connectivity index (χ2n) is 12.4. The molecule has 1 aliphatic heterocycles. The fourth-order valence-electron chi connectivity index (χ4n) is 6.43. The predicted octanol–water partition coefficient (Wildman–Crippen LogP) is 6.79. The van der Waals surface area contributed by atoms with Crippen molar-refractivity contribution in [2.45, 2.75) is 84.7 Å². The van der Waals surface area contributed by atoms with Gasteiger partial charge < -0.3 is 38.3 Å². The molecule has 0 bridgehead atoms. The number of benzene rings is 2. The van der Waals surface area contributed by atoms with Crippen LogP contribution in [-0.2, 0) is 44.6 Å². The minimum Gasteiger partial charge on any atom is -0.492 e. The third-order valence-corrected chi connectivity index (χ3v) is 8.66. The first-order valence-corrected chi connectivity index (χ1v) is 17.2. The zero-order valence-electron chi connectivity index (χ0n) is 28.5. The van der Waals surface area contributed by atoms with Crippen LogP contribution < -0.4 is 0 Å². The predicted molar refractivity (Wildman–Crippen MR) is 180 cm³/mol. The molecule has 0 aromatic heterocycles. The van der Waals surface area contributed by atoms with E-state index in [9.17, 15) is 9.90 Å². The summed E-state index contributed by atoms with van der Waals surface area (Å²) in [6, 6.07) is 14.0. The SMILES string of the molecule is Cc1cc(C)c(/C(C(=O)O)=C(\OCc2ccccc2)C2CCC(OCCOCCOCCOCCOC3CCCCO3)CC2)c(C)c1. The molecule has 2 fully saturated rings. The second kappa shape index (κ2) is 20.5. The zero-order valence-corrected chi connectivity index (χ0v) is 28.5. The van der Waals surface area contributed by atoms with Crippen molar-refractivity contribution in [1.29, 1.82) is 0 Å². The lowest BCUT2D eigenvalue weighted by Crippen LogP contribution is -2.26. The Labute approximate surface area is 280 Å². The third kappa shape index (κ3) is 12.6. The molecular formula is C38H54O9. The quantitative estimate of drug-likeness (QED) is 0.0939. The average Bonchev–Trinajstić information content (AvgIpc) is 3.07. The molecule has 260 valence electrons. The molecule has 2 aromatic rings. The van der Waals surface area contributed by atoms with Gasteiger partial charge in [-0.3, -0.25) is 0 Å². The van der Waals surface area contributed by atoms with Crippen LogP contribution in [0.1, 0.15) is 72.8 Å². The van der Waals surface area contributed by atoms with Gasteiger partial charge in [-0.2, -0.15) is 0 Å². The first-order valence-electron chi connectivity index (χ1n) is 17.2. The summed E-state index contributed by atoms with van der Waals surface area (Å²) in [5.74, 6) is -0.378. The molecule has 9 heteroatoms. The summed E-state index contributed by atoms with van der Waals surface area (Å²) in [4.78, 5) is 12.8. The van der Waals surface area contributed by atoms with Crippen molar-refractivity contribution in [3.63, 3.8) is 0 Å². The van der Waals surface area contributed by atoms with E-state index in [2.05, 4.69) is 0 Å². The van der Waals surface area contributed by atoms with Crippen molar-refractivity contribution in [2.75, 3.05) is 59.5 Å². The van der Waals surface area contributed by atoms with Crippen molar-refractivity contribution < 1.29 is 43.1 Å². The van der Waals surface area contributed by atoms with Gasteiger partial charge in [-0.25, -0.2) is 4.79 Å². The fraction of sp³-hybridized carbons (Fsp3) is 0.605. The van der Waals surface area contributed by atoms with E-state index in [-0.39, 0.29) is 23.9 Å². The monoisotopic (exact) mass is 654 g/mol. The van der Waals surface area contributed by atoms with Crippen molar-refractivity contribution in [2.24, 2.45) is 5.92 Å². The van der Waals surface area contributed by atoms with Gasteiger partial charge in [0.1, 0.15) is 17.9 Å². The Morgan fingerprint density at radius 3 is 1.94 bits per heavy atom. The summed E-state index contributed by atoms with van der Waals surface area (Å²) in [6.07, 6.45) is 6.54. The molecule has 1 aliphatic carbocycles. The Morgan fingerprint density at radius 1 is 0.766 bits per heavy atom. The number of carbonyl (C=O) groups is 1. The van der Waals surface area contributed by atoms with E-state index >= 15 is 0 Å². The lowest BCUT2D eigenvalue weighted by atomic mass is 9.82. The highest BCUT2D eigenvalue weighted by Gasteiger charge is 2.31. The van der Waals surface area contributed by atoms with E-state index in [4.69, 9.17) is 33.2 Å². The molecule has 1 unspecified atom stereocenters. The maximum Gasteiger partial charge on any atom is 0.339 e. The maximum absolute atomic E-state index is 12.8. The van der Waals surface area contributed by atoms with Crippen LogP contribution in [0.5, 0.6) is 0 Å². The summed E-state index contributed by atoms with van der Waals surface area (Å²) in [7, 11) is 0. The van der Waals surface area contributed by atoms with E-state index in [1.54, 1.807) is 0 Å². The van der Waals surface area contributed by atoms with E-state index in [1.165, 1.54) is 0 Å². The van der Waals surface area contributed by atoms with Crippen molar-refractivity contribution >= 4 is 11.5 Å². The number of ether oxygens (including phenoxy) is 7. The van der Waals surface area contributed by atoms with E-state index < -0.39 is 5.97 Å². The highest BCUT2D eigenvalue weighted by Crippen LogP contribution is 2.38. The van der Waals surface area contributed by atoms with Crippen LogP contribution in [0.2, 0.25) is 0 Å². The molecule has 1 atom stereocenters. The van der Waals surface area contributed by atoms with Crippen molar-refractivity contribution in [1.82, 2.24) is 0 Å². The molecule has 1 saturated heterocycles. The number of hydrogen-bond donors (Lipinski definition) is 1. The third-order valence-electron chi connectivity index (χ3n) is 8.66. The summed E-state index contributed by atoms with van der Waals surface area (Å²) in [5.41, 5.74) is 5.05. The van der Waals surface area contributed by atoms with Crippen LogP contribution in [0.4, 0.5) is 0 Å². The molecule has 1 N–H and O–H groups in total. The normalized spacial score (nSPS) is 20.5. The molecule has 0 spiro atoms. The Morgan fingerprint density at radius 2 is 1.36 bits per heavy atom. The number of rotatable bonds is 20. The van der Waals surface area contributed by atoms with Gasteiger partial charge in [-0.15, -0.1) is 0 Å². The first-order chi connectivity index (χ1) is 22.9. The molecule has 2 aromatic carbocycles.